The van der Waals surface area contributed by atoms with Crippen LogP contribution < -0.4 is 9.64 Å². The minimum Gasteiger partial charge on any atom is -0.480 e. The van der Waals surface area contributed by atoms with Crippen LogP contribution in [-0.2, 0) is 16.0 Å². The Labute approximate surface area is 201 Å². The molecule has 1 fully saturated rings. The van der Waals surface area contributed by atoms with Gasteiger partial charge in [-0.25, -0.2) is 17.8 Å². The predicted octanol–water partition coefficient (Wildman–Crippen LogP) is 3.94. The van der Waals surface area contributed by atoms with Crippen LogP contribution in [0.25, 0.3) is 0 Å². The Balaban J connectivity index is 1.88. The number of sulfone groups is 1. The third kappa shape index (κ3) is 5.99. The maximum atomic E-state index is 13.9. The number of hydrogen-bond acceptors (Lipinski definition) is 6. The van der Waals surface area contributed by atoms with E-state index < -0.39 is 62.7 Å². The summed E-state index contributed by atoms with van der Waals surface area (Å²) in [6.07, 6.45) is -10.4. The van der Waals surface area contributed by atoms with Crippen molar-refractivity contribution < 1.29 is 48.7 Å². The quantitative estimate of drug-likeness (QED) is 0.532. The Hall–Kier alpha value is -3.10. The minimum atomic E-state index is -5.02. The summed E-state index contributed by atoms with van der Waals surface area (Å²) >= 11 is 0. The predicted molar refractivity (Wildman–Crippen MR) is 113 cm³/mol. The first-order valence-electron chi connectivity index (χ1n) is 10.3. The molecule has 1 aromatic carbocycles. The van der Waals surface area contributed by atoms with Gasteiger partial charge in [0.05, 0.1) is 10.5 Å². The van der Waals surface area contributed by atoms with Crippen LogP contribution in [0.15, 0.2) is 35.4 Å². The number of benzene rings is 1. The molecule has 3 rings (SSSR count). The normalized spacial score (nSPS) is 16.1. The van der Waals surface area contributed by atoms with Crippen LogP contribution in [0.4, 0.5) is 36.6 Å². The lowest BCUT2D eigenvalue weighted by atomic mass is 10.1. The van der Waals surface area contributed by atoms with E-state index >= 15 is 0 Å². The second kappa shape index (κ2) is 9.75. The number of aromatic nitrogens is 1. The van der Waals surface area contributed by atoms with Crippen molar-refractivity contribution in [1.29, 1.82) is 0 Å². The number of alkyl halides is 6. The lowest BCUT2D eigenvalue weighted by Crippen LogP contribution is -2.49. The zero-order chi connectivity index (χ0) is 27.1. The van der Waals surface area contributed by atoms with Gasteiger partial charge < -0.3 is 14.5 Å². The molecule has 1 saturated heterocycles. The van der Waals surface area contributed by atoms with Gasteiger partial charge in [-0.05, 0) is 31.2 Å². The van der Waals surface area contributed by atoms with Gasteiger partial charge in [0.1, 0.15) is 22.9 Å². The number of rotatable bonds is 5. The van der Waals surface area contributed by atoms with Gasteiger partial charge in [-0.2, -0.15) is 26.3 Å². The molecule has 1 aromatic heterocycles. The van der Waals surface area contributed by atoms with E-state index in [0.717, 1.165) is 40.5 Å². The Morgan fingerprint density at radius 3 is 2.19 bits per heavy atom. The van der Waals surface area contributed by atoms with E-state index in [2.05, 4.69) is 4.98 Å². The van der Waals surface area contributed by atoms with Gasteiger partial charge in [0.15, 0.2) is 15.9 Å². The molecule has 7 nitrogen and oxygen atoms in total. The number of hydrogen-bond donors (Lipinski definition) is 0. The molecule has 1 atom stereocenters. The van der Waals surface area contributed by atoms with Crippen LogP contribution in [0.2, 0.25) is 0 Å². The molecule has 36 heavy (non-hydrogen) atoms. The molecule has 15 heteroatoms. The molecule has 0 N–H and O–H groups in total. The Kier molecular flexibility index (Phi) is 7.44. The Morgan fingerprint density at radius 2 is 1.67 bits per heavy atom. The monoisotopic (exact) mass is 543 g/mol. The van der Waals surface area contributed by atoms with Gasteiger partial charge in [-0.15, -0.1) is 0 Å². The Bertz CT molecular complexity index is 1240. The SMILES string of the molecule is C[C@H](Oc1ccc(S(C)(=O)=O)cc1C(=O)N1CCN(c2nccc(F)c2C(F)(F)F)CC1)C(F)(F)F. The van der Waals surface area contributed by atoms with E-state index in [-0.39, 0.29) is 31.1 Å². The van der Waals surface area contributed by atoms with E-state index in [1.807, 2.05) is 0 Å². The largest absolute Gasteiger partial charge is 0.480 e. The molecule has 2 aromatic rings. The highest BCUT2D eigenvalue weighted by atomic mass is 32.2. The molecule has 198 valence electrons. The molecule has 0 radical (unpaired) electrons. The van der Waals surface area contributed by atoms with Gasteiger partial charge in [-0.3, -0.25) is 4.79 Å². The fourth-order valence-corrected chi connectivity index (χ4v) is 4.14. The molecule has 1 amide bonds. The zero-order valence-electron chi connectivity index (χ0n) is 18.8. The summed E-state index contributed by atoms with van der Waals surface area (Å²) in [6, 6.07) is 3.40. The van der Waals surface area contributed by atoms with E-state index in [4.69, 9.17) is 4.74 Å². The van der Waals surface area contributed by atoms with Crippen molar-refractivity contribution in [3.05, 3.63) is 47.4 Å². The average molecular weight is 543 g/mol. The maximum Gasteiger partial charge on any atom is 0.425 e. The standard InChI is InChI=1S/C21H20F7N3O4S/c1-12(20(23,24)25)35-16-4-3-13(36(2,33)34)11-14(16)19(32)31-9-7-30(8-10-31)18-17(21(26,27)28)15(22)5-6-29-18/h3-6,11-12H,7-10H2,1-2H3/t12-/m0/s1. The summed E-state index contributed by atoms with van der Waals surface area (Å²) in [5.74, 6) is -3.56. The third-order valence-electron chi connectivity index (χ3n) is 5.40. The molecule has 2 heterocycles. The van der Waals surface area contributed by atoms with Crippen LogP contribution >= 0.6 is 0 Å². The highest BCUT2D eigenvalue weighted by Gasteiger charge is 2.41. The number of carbonyl (C=O) groups is 1. The lowest BCUT2D eigenvalue weighted by Gasteiger charge is -2.36. The molecule has 1 aliphatic heterocycles. The molecular weight excluding hydrogens is 523 g/mol. The number of carbonyl (C=O) groups excluding carboxylic acids is 1. The fourth-order valence-electron chi connectivity index (χ4n) is 3.49. The second-order valence-corrected chi connectivity index (χ2v) is 10.0. The number of piperazine rings is 1. The van der Waals surface area contributed by atoms with Crippen molar-refractivity contribution in [3.8, 4) is 5.75 Å². The van der Waals surface area contributed by atoms with Crippen LogP contribution in [0, 0.1) is 5.82 Å². The molecular formula is C21H20F7N3O4S. The number of nitrogens with zero attached hydrogens (tertiary/aromatic N) is 3. The first-order valence-corrected chi connectivity index (χ1v) is 12.2. The van der Waals surface area contributed by atoms with Gasteiger partial charge in [0.25, 0.3) is 5.91 Å². The van der Waals surface area contributed by atoms with Crippen molar-refractivity contribution in [1.82, 2.24) is 9.88 Å². The number of ether oxygens (including phenoxy) is 1. The Morgan fingerprint density at radius 1 is 1.06 bits per heavy atom. The average Bonchev–Trinajstić information content (AvgIpc) is 2.76. The smallest absolute Gasteiger partial charge is 0.425 e. The van der Waals surface area contributed by atoms with Crippen LogP contribution in [0.3, 0.4) is 0 Å². The summed E-state index contributed by atoms with van der Waals surface area (Å²) in [6.45, 7) is -0.0997. The maximum absolute atomic E-state index is 13.9. The van der Waals surface area contributed by atoms with Crippen molar-refractivity contribution in [2.45, 2.75) is 30.3 Å². The third-order valence-corrected chi connectivity index (χ3v) is 6.51. The minimum absolute atomic E-state index is 0.202. The molecule has 0 saturated carbocycles. The first-order chi connectivity index (χ1) is 16.5. The fraction of sp³-hybridized carbons (Fsp3) is 0.429. The van der Waals surface area contributed by atoms with Crippen molar-refractivity contribution >= 4 is 21.6 Å². The number of halogens is 7. The van der Waals surface area contributed by atoms with E-state index in [0.29, 0.717) is 13.0 Å². The topological polar surface area (TPSA) is 79.8 Å². The van der Waals surface area contributed by atoms with Gasteiger partial charge in [0.2, 0.25) is 0 Å². The molecule has 0 unspecified atom stereocenters. The number of anilines is 1. The van der Waals surface area contributed by atoms with Gasteiger partial charge in [0, 0.05) is 38.6 Å². The summed E-state index contributed by atoms with van der Waals surface area (Å²) in [4.78, 5) is 18.7. The summed E-state index contributed by atoms with van der Waals surface area (Å²) in [5, 5.41) is 0. The van der Waals surface area contributed by atoms with Crippen molar-refractivity contribution in [2.24, 2.45) is 0 Å². The highest BCUT2D eigenvalue weighted by molar-refractivity contribution is 7.90. The molecule has 0 spiro atoms. The first kappa shape index (κ1) is 27.5. The van der Waals surface area contributed by atoms with E-state index in [9.17, 15) is 43.9 Å². The van der Waals surface area contributed by atoms with Gasteiger partial charge in [-0.1, -0.05) is 0 Å². The summed E-state index contributed by atoms with van der Waals surface area (Å²) in [7, 11) is -3.84. The highest BCUT2D eigenvalue weighted by Crippen LogP contribution is 2.37. The van der Waals surface area contributed by atoms with Crippen molar-refractivity contribution in [2.75, 3.05) is 37.3 Å². The zero-order valence-corrected chi connectivity index (χ0v) is 19.6. The second-order valence-electron chi connectivity index (χ2n) is 8.00. The lowest BCUT2D eigenvalue weighted by molar-refractivity contribution is -0.189. The van der Waals surface area contributed by atoms with Crippen LogP contribution in [-0.4, -0.2) is 68.9 Å². The summed E-state index contributed by atoms with van der Waals surface area (Å²) < 4.78 is 122. The van der Waals surface area contributed by atoms with Gasteiger partial charge >= 0.3 is 12.4 Å². The number of amides is 1. The molecule has 0 aliphatic carbocycles. The van der Waals surface area contributed by atoms with E-state index in [1.54, 1.807) is 0 Å². The van der Waals surface area contributed by atoms with Crippen LogP contribution in [0.1, 0.15) is 22.8 Å². The summed E-state index contributed by atoms with van der Waals surface area (Å²) in [5.41, 5.74) is -2.01. The van der Waals surface area contributed by atoms with E-state index in [1.165, 1.54) is 0 Å². The van der Waals surface area contributed by atoms with Crippen molar-refractivity contribution in [3.63, 3.8) is 0 Å². The van der Waals surface area contributed by atoms with Crippen LogP contribution in [0.5, 0.6) is 5.75 Å². The number of pyridine rings is 1. The molecule has 1 aliphatic rings. The molecule has 0 bridgehead atoms.